The maximum atomic E-state index is 13.2. The Hall–Kier alpha value is -1.97. The first-order chi connectivity index (χ1) is 18.0. The number of methoxy groups -OCH3 is 1. The van der Waals surface area contributed by atoms with Gasteiger partial charge in [0, 0.05) is 62.4 Å². The van der Waals surface area contributed by atoms with Gasteiger partial charge in [-0.3, -0.25) is 9.69 Å². The van der Waals surface area contributed by atoms with Crippen LogP contribution < -0.4 is 10.1 Å². The van der Waals surface area contributed by atoms with Crippen molar-refractivity contribution < 1.29 is 26.4 Å². The molecule has 2 aromatic rings. The lowest BCUT2D eigenvalue weighted by molar-refractivity contribution is -0.117. The van der Waals surface area contributed by atoms with Crippen molar-refractivity contribution in [2.75, 3.05) is 71.3 Å². The number of ether oxygens (including phenoxy) is 1. The molecule has 15 heteroatoms. The van der Waals surface area contributed by atoms with Crippen molar-refractivity contribution >= 4 is 55.0 Å². The summed E-state index contributed by atoms with van der Waals surface area (Å²) in [5, 5.41) is 3.68. The molecule has 38 heavy (non-hydrogen) atoms. The molecule has 0 aliphatic carbocycles. The molecule has 4 rings (SSSR count). The molecule has 0 unspecified atom stereocenters. The van der Waals surface area contributed by atoms with Crippen LogP contribution in [-0.4, -0.2) is 107 Å². The Kier molecular flexibility index (Phi) is 9.20. The number of carbonyl (C=O) groups excluding carboxylic acids is 1. The van der Waals surface area contributed by atoms with E-state index < -0.39 is 20.2 Å². The molecule has 11 nitrogen and oxygen atoms in total. The number of hydrogen-bond donors (Lipinski definition) is 1. The summed E-state index contributed by atoms with van der Waals surface area (Å²) in [5.74, 6) is 0.222. The van der Waals surface area contributed by atoms with Gasteiger partial charge in [-0.15, -0.1) is 0 Å². The summed E-state index contributed by atoms with van der Waals surface area (Å²) in [6.45, 7) is 1.51. The molecule has 2 aliphatic rings. The molecule has 2 aromatic carbocycles. The summed E-state index contributed by atoms with van der Waals surface area (Å²) in [7, 11) is -6.01. The molecule has 208 valence electrons. The van der Waals surface area contributed by atoms with Gasteiger partial charge in [-0.25, -0.2) is 8.42 Å². The average Bonchev–Trinajstić information content (AvgIpc) is 2.89. The van der Waals surface area contributed by atoms with Gasteiger partial charge < -0.3 is 10.1 Å². The minimum atomic E-state index is -3.77. The van der Waals surface area contributed by atoms with Crippen LogP contribution in [-0.2, 0) is 25.0 Å². The van der Waals surface area contributed by atoms with Crippen molar-refractivity contribution in [3.63, 3.8) is 0 Å². The van der Waals surface area contributed by atoms with E-state index in [-0.39, 0.29) is 56.6 Å². The third-order valence-corrected chi connectivity index (χ3v) is 10.9. The van der Waals surface area contributed by atoms with Crippen molar-refractivity contribution in [2.24, 2.45) is 0 Å². The van der Waals surface area contributed by atoms with Crippen LogP contribution in [0.3, 0.4) is 0 Å². The van der Waals surface area contributed by atoms with Crippen LogP contribution in [0.4, 0.5) is 5.69 Å². The Bertz CT molecular complexity index is 1360. The van der Waals surface area contributed by atoms with Gasteiger partial charge in [0.05, 0.1) is 24.2 Å². The number of nitrogens with zero attached hydrogens (tertiary/aromatic N) is 4. The fraction of sp³-hybridized carbons (Fsp3) is 0.435. The van der Waals surface area contributed by atoms with Gasteiger partial charge in [0.2, 0.25) is 15.9 Å². The van der Waals surface area contributed by atoms with Crippen LogP contribution in [0.15, 0.2) is 47.4 Å². The van der Waals surface area contributed by atoms with Crippen molar-refractivity contribution in [3.05, 3.63) is 52.5 Å². The lowest BCUT2D eigenvalue weighted by Gasteiger charge is -2.39. The number of hydrogen-bond acceptors (Lipinski definition) is 7. The number of benzene rings is 2. The van der Waals surface area contributed by atoms with E-state index >= 15 is 0 Å². The van der Waals surface area contributed by atoms with E-state index in [0.717, 1.165) is 0 Å². The first kappa shape index (κ1) is 29.0. The Balaban J connectivity index is 1.28. The summed E-state index contributed by atoms with van der Waals surface area (Å²) < 4.78 is 61.5. The van der Waals surface area contributed by atoms with Gasteiger partial charge >= 0.3 is 0 Å². The number of amides is 1. The zero-order chi connectivity index (χ0) is 27.5. The molecule has 0 spiro atoms. The highest BCUT2D eigenvalue weighted by Gasteiger charge is 2.37. The van der Waals surface area contributed by atoms with E-state index in [1.807, 2.05) is 4.90 Å². The molecular weight excluding hydrogens is 577 g/mol. The van der Waals surface area contributed by atoms with Crippen molar-refractivity contribution in [2.45, 2.75) is 4.90 Å². The van der Waals surface area contributed by atoms with Gasteiger partial charge in [-0.2, -0.15) is 21.3 Å². The van der Waals surface area contributed by atoms with Gasteiger partial charge in [0.15, 0.2) is 0 Å². The number of nitrogens with one attached hydrogen (secondary N) is 1. The molecule has 0 saturated carbocycles. The number of halogens is 2. The molecule has 0 radical (unpaired) electrons. The summed E-state index contributed by atoms with van der Waals surface area (Å²) in [6, 6.07) is 10.8. The van der Waals surface area contributed by atoms with Crippen LogP contribution in [0.2, 0.25) is 10.0 Å². The van der Waals surface area contributed by atoms with Gasteiger partial charge in [-0.1, -0.05) is 23.2 Å². The van der Waals surface area contributed by atoms with E-state index in [0.29, 0.717) is 34.6 Å². The smallest absolute Gasteiger partial charge is 0.282 e. The highest BCUT2D eigenvalue weighted by atomic mass is 35.5. The Labute approximate surface area is 233 Å². The molecule has 2 saturated heterocycles. The lowest BCUT2D eigenvalue weighted by atomic mass is 10.3. The van der Waals surface area contributed by atoms with Crippen LogP contribution >= 0.6 is 23.2 Å². The third-order valence-electron chi connectivity index (χ3n) is 6.44. The molecule has 1 amide bonds. The normalized spacial score (nSPS) is 18.8. The number of carbonyl (C=O) groups is 1. The Morgan fingerprint density at radius 1 is 0.816 bits per heavy atom. The summed E-state index contributed by atoms with van der Waals surface area (Å²) in [6.07, 6.45) is 0. The van der Waals surface area contributed by atoms with E-state index in [1.165, 1.54) is 44.3 Å². The van der Waals surface area contributed by atoms with Crippen LogP contribution in [0, 0.1) is 0 Å². The fourth-order valence-electron chi connectivity index (χ4n) is 4.35. The topological polar surface area (TPSA) is 120 Å². The van der Waals surface area contributed by atoms with Crippen LogP contribution in [0.25, 0.3) is 0 Å². The van der Waals surface area contributed by atoms with Crippen molar-refractivity contribution in [1.29, 1.82) is 0 Å². The second kappa shape index (κ2) is 12.0. The molecule has 1 N–H and O–H groups in total. The van der Waals surface area contributed by atoms with E-state index in [1.54, 1.807) is 18.2 Å². The largest absolute Gasteiger partial charge is 0.495 e. The average molecular weight is 607 g/mol. The van der Waals surface area contributed by atoms with Crippen molar-refractivity contribution in [3.8, 4) is 5.75 Å². The molecule has 0 bridgehead atoms. The SMILES string of the molecule is COc1ccc(Cl)cc1NC(=O)CN1CCN(S(=O)(=O)N2CCN(S(=O)(=O)c3ccc(Cl)cc3)CC2)CC1. The monoisotopic (exact) mass is 605 g/mol. The summed E-state index contributed by atoms with van der Waals surface area (Å²) >= 11 is 11.9. The highest BCUT2D eigenvalue weighted by Crippen LogP contribution is 2.28. The van der Waals surface area contributed by atoms with Gasteiger partial charge in [0.25, 0.3) is 10.2 Å². The quantitative estimate of drug-likeness (QED) is 0.487. The Morgan fingerprint density at radius 3 is 1.92 bits per heavy atom. The lowest BCUT2D eigenvalue weighted by Crippen LogP contribution is -2.57. The molecule has 0 atom stereocenters. The minimum Gasteiger partial charge on any atom is -0.495 e. The predicted octanol–water partition coefficient (Wildman–Crippen LogP) is 1.81. The Morgan fingerprint density at radius 2 is 1.34 bits per heavy atom. The summed E-state index contributed by atoms with van der Waals surface area (Å²) in [4.78, 5) is 14.6. The number of rotatable bonds is 8. The molecule has 2 heterocycles. The highest BCUT2D eigenvalue weighted by molar-refractivity contribution is 7.89. The van der Waals surface area contributed by atoms with Gasteiger partial charge in [0.1, 0.15) is 5.75 Å². The number of sulfonamides is 1. The maximum Gasteiger partial charge on any atom is 0.282 e. The first-order valence-electron chi connectivity index (χ1n) is 11.9. The third kappa shape index (κ3) is 6.59. The second-order valence-electron chi connectivity index (χ2n) is 8.83. The maximum absolute atomic E-state index is 13.2. The van der Waals surface area contributed by atoms with Gasteiger partial charge in [-0.05, 0) is 42.5 Å². The van der Waals surface area contributed by atoms with E-state index in [9.17, 15) is 21.6 Å². The zero-order valence-electron chi connectivity index (χ0n) is 20.7. The first-order valence-corrected chi connectivity index (χ1v) is 15.5. The van der Waals surface area contributed by atoms with Crippen molar-refractivity contribution in [1.82, 2.24) is 17.8 Å². The van der Waals surface area contributed by atoms with Crippen LogP contribution in [0.1, 0.15) is 0 Å². The number of piperazine rings is 2. The predicted molar refractivity (Wildman–Crippen MR) is 145 cm³/mol. The fourth-order valence-corrected chi connectivity index (χ4v) is 7.65. The minimum absolute atomic E-state index is 0.0529. The van der Waals surface area contributed by atoms with Crippen LogP contribution in [0.5, 0.6) is 5.75 Å². The standard InChI is InChI=1S/C23H29Cl2N5O6S2/c1-36-22-7-4-19(25)16-21(22)26-23(31)17-27-8-10-29(11-9-27)38(34,35)30-14-12-28(13-15-30)37(32,33)20-5-2-18(24)3-6-20/h2-7,16H,8-15,17H2,1H3,(H,26,31). The zero-order valence-corrected chi connectivity index (χ0v) is 23.9. The van der Waals surface area contributed by atoms with E-state index in [2.05, 4.69) is 5.32 Å². The molecular formula is C23H29Cl2N5O6S2. The summed E-state index contributed by atoms with van der Waals surface area (Å²) in [5.41, 5.74) is 0.462. The molecule has 2 aliphatic heterocycles. The second-order valence-corrected chi connectivity index (χ2v) is 13.6. The molecule has 0 aromatic heterocycles. The number of anilines is 1. The molecule has 2 fully saturated rings. The van der Waals surface area contributed by atoms with E-state index in [4.69, 9.17) is 27.9 Å².